The van der Waals surface area contributed by atoms with E-state index >= 15 is 0 Å². The van der Waals surface area contributed by atoms with Crippen LogP contribution in [-0.4, -0.2) is 36.7 Å². The fourth-order valence-corrected chi connectivity index (χ4v) is 2.98. The Kier molecular flexibility index (Phi) is 3.68. The van der Waals surface area contributed by atoms with Crippen LogP contribution in [0.25, 0.3) is 0 Å². The van der Waals surface area contributed by atoms with Crippen molar-refractivity contribution in [2.45, 2.75) is 37.4 Å². The van der Waals surface area contributed by atoms with E-state index in [9.17, 15) is 13.2 Å². The zero-order chi connectivity index (χ0) is 15.0. The van der Waals surface area contributed by atoms with E-state index in [1.165, 1.54) is 13.3 Å². The molecule has 0 radical (unpaired) electrons. The lowest BCUT2D eigenvalue weighted by atomic mass is 9.89. The number of esters is 1. The SMILES string of the molecule is COC(=O)C(C)(C)c1ccnc(NS(=O)(=O)C2CC2)n1. The summed E-state index contributed by atoms with van der Waals surface area (Å²) >= 11 is 0. The lowest BCUT2D eigenvalue weighted by Crippen LogP contribution is -2.31. The molecule has 8 heteroatoms. The molecule has 1 heterocycles. The highest BCUT2D eigenvalue weighted by atomic mass is 32.2. The van der Waals surface area contributed by atoms with Gasteiger partial charge in [-0.2, -0.15) is 0 Å². The standard InChI is InChI=1S/C12H17N3O4S/c1-12(2,10(16)19-3)9-6-7-13-11(14-9)15-20(17,18)8-4-5-8/h6-8H,4-5H2,1-3H3,(H,13,14,15). The lowest BCUT2D eigenvalue weighted by Gasteiger charge is -2.21. The van der Waals surface area contributed by atoms with Gasteiger partial charge in [-0.15, -0.1) is 0 Å². The third kappa shape index (κ3) is 2.90. The molecule has 0 amide bonds. The Morgan fingerprint density at radius 2 is 2.10 bits per heavy atom. The average molecular weight is 299 g/mol. The summed E-state index contributed by atoms with van der Waals surface area (Å²) in [5.74, 6) is -0.474. The fraction of sp³-hybridized carbons (Fsp3) is 0.583. The van der Waals surface area contributed by atoms with Gasteiger partial charge in [0.1, 0.15) is 5.41 Å². The minimum Gasteiger partial charge on any atom is -0.468 e. The van der Waals surface area contributed by atoms with Crippen molar-refractivity contribution < 1.29 is 17.9 Å². The maximum Gasteiger partial charge on any atom is 0.317 e. The number of rotatable bonds is 5. The second kappa shape index (κ2) is 5.01. The van der Waals surface area contributed by atoms with Gasteiger partial charge < -0.3 is 4.74 Å². The Morgan fingerprint density at radius 1 is 1.45 bits per heavy atom. The monoisotopic (exact) mass is 299 g/mol. The number of ether oxygens (including phenoxy) is 1. The Balaban J connectivity index is 2.26. The van der Waals surface area contributed by atoms with Gasteiger partial charge >= 0.3 is 5.97 Å². The minimum atomic E-state index is -3.42. The number of nitrogens with zero attached hydrogens (tertiary/aromatic N) is 2. The number of hydrogen-bond donors (Lipinski definition) is 1. The normalized spacial score (nSPS) is 15.8. The molecule has 0 spiro atoms. The molecule has 0 atom stereocenters. The van der Waals surface area contributed by atoms with E-state index in [0.29, 0.717) is 18.5 Å². The van der Waals surface area contributed by atoms with E-state index in [0.717, 1.165) is 0 Å². The highest BCUT2D eigenvalue weighted by Crippen LogP contribution is 2.29. The molecule has 0 saturated heterocycles. The molecule has 1 saturated carbocycles. The highest BCUT2D eigenvalue weighted by Gasteiger charge is 2.37. The van der Waals surface area contributed by atoms with Crippen LogP contribution in [0.3, 0.4) is 0 Å². The minimum absolute atomic E-state index is 0.0219. The van der Waals surface area contributed by atoms with Crippen molar-refractivity contribution in [2.24, 2.45) is 0 Å². The molecule has 0 aliphatic heterocycles. The number of carbonyl (C=O) groups is 1. The number of methoxy groups -OCH3 is 1. The maximum atomic E-state index is 11.8. The summed E-state index contributed by atoms with van der Waals surface area (Å²) in [7, 11) is -2.13. The molecular formula is C12H17N3O4S. The number of carbonyl (C=O) groups excluding carboxylic acids is 1. The quantitative estimate of drug-likeness (QED) is 0.809. The smallest absolute Gasteiger partial charge is 0.317 e. The number of hydrogen-bond acceptors (Lipinski definition) is 6. The summed E-state index contributed by atoms with van der Waals surface area (Å²) in [5.41, 5.74) is -0.579. The van der Waals surface area contributed by atoms with E-state index in [4.69, 9.17) is 4.74 Å². The van der Waals surface area contributed by atoms with Crippen LogP contribution in [0.4, 0.5) is 5.95 Å². The largest absolute Gasteiger partial charge is 0.468 e. The summed E-state index contributed by atoms with van der Waals surface area (Å²) in [6.45, 7) is 3.31. The number of aromatic nitrogens is 2. The van der Waals surface area contributed by atoms with Crippen LogP contribution in [-0.2, 0) is 25.0 Å². The average Bonchev–Trinajstić information content (AvgIpc) is 3.22. The number of nitrogens with one attached hydrogen (secondary N) is 1. The van der Waals surface area contributed by atoms with E-state index < -0.39 is 21.4 Å². The molecule has 7 nitrogen and oxygen atoms in total. The van der Waals surface area contributed by atoms with Gasteiger partial charge in [0.2, 0.25) is 16.0 Å². The van der Waals surface area contributed by atoms with Crippen LogP contribution in [0, 0.1) is 0 Å². The van der Waals surface area contributed by atoms with Crippen LogP contribution in [0.15, 0.2) is 12.3 Å². The first kappa shape index (κ1) is 14.7. The predicted octanol–water partition coefficient (Wildman–Crippen LogP) is 0.831. The molecule has 110 valence electrons. The molecule has 0 bridgehead atoms. The second-order valence-corrected chi connectivity index (χ2v) is 7.19. The molecule has 20 heavy (non-hydrogen) atoms. The molecule has 1 aromatic heterocycles. The highest BCUT2D eigenvalue weighted by molar-refractivity contribution is 7.93. The number of sulfonamides is 1. The third-order valence-electron chi connectivity index (χ3n) is 3.19. The van der Waals surface area contributed by atoms with E-state index in [1.807, 2.05) is 0 Å². The summed E-state index contributed by atoms with van der Waals surface area (Å²) in [6, 6.07) is 1.56. The number of anilines is 1. The van der Waals surface area contributed by atoms with Gasteiger partial charge in [0, 0.05) is 6.20 Å². The van der Waals surface area contributed by atoms with Crippen LogP contribution in [0.1, 0.15) is 32.4 Å². The van der Waals surface area contributed by atoms with Crippen LogP contribution < -0.4 is 4.72 Å². The first-order chi connectivity index (χ1) is 9.27. The Bertz CT molecular complexity index is 623. The Hall–Kier alpha value is -1.70. The predicted molar refractivity (Wildman–Crippen MR) is 72.6 cm³/mol. The van der Waals surface area contributed by atoms with Crippen molar-refractivity contribution in [3.05, 3.63) is 18.0 Å². The maximum absolute atomic E-state index is 11.8. The van der Waals surface area contributed by atoms with Crippen LogP contribution in [0.2, 0.25) is 0 Å². The van der Waals surface area contributed by atoms with Crippen LogP contribution >= 0.6 is 0 Å². The molecule has 1 aliphatic rings. The first-order valence-corrected chi connectivity index (χ1v) is 7.75. The molecule has 0 aromatic carbocycles. The van der Waals surface area contributed by atoms with Crippen molar-refractivity contribution in [1.82, 2.24) is 9.97 Å². The molecule has 2 rings (SSSR count). The lowest BCUT2D eigenvalue weighted by molar-refractivity contribution is -0.146. The summed E-state index contributed by atoms with van der Waals surface area (Å²) in [6.07, 6.45) is 2.73. The summed E-state index contributed by atoms with van der Waals surface area (Å²) < 4.78 is 30.7. The molecular weight excluding hydrogens is 282 g/mol. The molecule has 1 fully saturated rings. The van der Waals surface area contributed by atoms with Crippen molar-refractivity contribution in [2.75, 3.05) is 11.8 Å². The summed E-state index contributed by atoms with van der Waals surface area (Å²) in [5, 5.41) is -0.358. The van der Waals surface area contributed by atoms with Crippen LogP contribution in [0.5, 0.6) is 0 Å². The molecule has 1 N–H and O–H groups in total. The van der Waals surface area contributed by atoms with Gasteiger partial charge in [0.25, 0.3) is 0 Å². The van der Waals surface area contributed by atoms with E-state index in [1.54, 1.807) is 19.9 Å². The van der Waals surface area contributed by atoms with Crippen molar-refractivity contribution in [3.8, 4) is 0 Å². The molecule has 1 aromatic rings. The fourth-order valence-electron chi connectivity index (χ4n) is 1.70. The van der Waals surface area contributed by atoms with Crippen molar-refractivity contribution >= 4 is 21.9 Å². The van der Waals surface area contributed by atoms with Gasteiger partial charge in [0.15, 0.2) is 0 Å². The summed E-state index contributed by atoms with van der Waals surface area (Å²) in [4.78, 5) is 19.7. The zero-order valence-electron chi connectivity index (χ0n) is 11.6. The second-order valence-electron chi connectivity index (χ2n) is 5.23. The zero-order valence-corrected chi connectivity index (χ0v) is 12.4. The van der Waals surface area contributed by atoms with Crippen molar-refractivity contribution in [1.29, 1.82) is 0 Å². The third-order valence-corrected chi connectivity index (χ3v) is 5.00. The Morgan fingerprint density at radius 3 is 2.65 bits per heavy atom. The van der Waals surface area contributed by atoms with Gasteiger partial charge in [-0.25, -0.2) is 18.4 Å². The van der Waals surface area contributed by atoms with E-state index in [-0.39, 0.29) is 11.2 Å². The van der Waals surface area contributed by atoms with Gasteiger partial charge in [0.05, 0.1) is 18.1 Å². The molecule has 1 aliphatic carbocycles. The molecule has 0 unspecified atom stereocenters. The van der Waals surface area contributed by atoms with Gasteiger partial charge in [-0.3, -0.25) is 9.52 Å². The van der Waals surface area contributed by atoms with Crippen molar-refractivity contribution in [3.63, 3.8) is 0 Å². The van der Waals surface area contributed by atoms with Gasteiger partial charge in [-0.1, -0.05) is 0 Å². The topological polar surface area (TPSA) is 98.2 Å². The van der Waals surface area contributed by atoms with Gasteiger partial charge in [-0.05, 0) is 32.8 Å². The first-order valence-electron chi connectivity index (χ1n) is 6.21. The Labute approximate surface area is 117 Å². The van der Waals surface area contributed by atoms with E-state index in [2.05, 4.69) is 14.7 Å².